The van der Waals surface area contributed by atoms with Crippen molar-refractivity contribution in [2.24, 2.45) is 0 Å². The zero-order chi connectivity index (χ0) is 20.3. The molecule has 0 saturated heterocycles. The monoisotopic (exact) mass is 379 g/mol. The van der Waals surface area contributed by atoms with E-state index in [0.717, 1.165) is 36.8 Å². The summed E-state index contributed by atoms with van der Waals surface area (Å²) in [6, 6.07) is 9.80. The highest BCUT2D eigenvalue weighted by Crippen LogP contribution is 2.37. The molecule has 5 heteroatoms. The summed E-state index contributed by atoms with van der Waals surface area (Å²) in [6.45, 7) is 5.61. The van der Waals surface area contributed by atoms with Crippen molar-refractivity contribution in [2.45, 2.75) is 39.5 Å². The van der Waals surface area contributed by atoms with Gasteiger partial charge in [-0.1, -0.05) is 38.8 Å². The van der Waals surface area contributed by atoms with Gasteiger partial charge in [0.25, 0.3) is 5.91 Å². The quantitative estimate of drug-likeness (QED) is 0.619. The minimum Gasteiger partial charge on any atom is -0.478 e. The number of fused-ring (bicyclic) bond motifs is 3. The van der Waals surface area contributed by atoms with Gasteiger partial charge in [-0.25, -0.2) is 4.79 Å². The van der Waals surface area contributed by atoms with Gasteiger partial charge in [0.2, 0.25) is 0 Å². The number of carbonyl (C=O) groups excluding carboxylic acids is 2. The molecule has 0 fully saturated rings. The first-order chi connectivity index (χ1) is 13.5. The van der Waals surface area contributed by atoms with Gasteiger partial charge in [-0.2, -0.15) is 0 Å². The van der Waals surface area contributed by atoms with Crippen molar-refractivity contribution in [2.75, 3.05) is 13.1 Å². The van der Waals surface area contributed by atoms with Gasteiger partial charge < -0.3 is 10.0 Å². The van der Waals surface area contributed by atoms with E-state index in [0.29, 0.717) is 29.8 Å². The van der Waals surface area contributed by atoms with Crippen LogP contribution in [0, 0.1) is 0 Å². The highest BCUT2D eigenvalue weighted by atomic mass is 16.4. The Morgan fingerprint density at radius 2 is 1.32 bits per heavy atom. The van der Waals surface area contributed by atoms with E-state index in [9.17, 15) is 19.5 Å². The average molecular weight is 379 g/mol. The average Bonchev–Trinajstić information content (AvgIpc) is 2.99. The zero-order valence-electron chi connectivity index (χ0n) is 16.3. The van der Waals surface area contributed by atoms with Crippen LogP contribution in [0.3, 0.4) is 0 Å². The number of ketones is 1. The molecule has 2 aromatic carbocycles. The lowest BCUT2D eigenvalue weighted by molar-refractivity contribution is 0.0695. The molecule has 0 heterocycles. The molecular formula is C23H25NO4. The number of nitrogens with zero attached hydrogens (tertiary/aromatic N) is 1. The summed E-state index contributed by atoms with van der Waals surface area (Å²) in [5.41, 5.74) is 2.91. The maximum Gasteiger partial charge on any atom is 0.335 e. The molecule has 0 saturated carbocycles. The third-order valence-electron chi connectivity index (χ3n) is 5.16. The molecule has 0 aliphatic heterocycles. The second-order valence-corrected chi connectivity index (χ2v) is 7.15. The summed E-state index contributed by atoms with van der Waals surface area (Å²) in [5, 5.41) is 9.18. The van der Waals surface area contributed by atoms with Crippen molar-refractivity contribution in [3.63, 3.8) is 0 Å². The predicted molar refractivity (Wildman–Crippen MR) is 108 cm³/mol. The lowest BCUT2D eigenvalue weighted by Gasteiger charge is -2.22. The van der Waals surface area contributed by atoms with Crippen LogP contribution >= 0.6 is 0 Å². The van der Waals surface area contributed by atoms with Crippen molar-refractivity contribution >= 4 is 17.7 Å². The van der Waals surface area contributed by atoms with Crippen LogP contribution in [-0.2, 0) is 0 Å². The second kappa shape index (κ2) is 8.38. The third-order valence-corrected chi connectivity index (χ3v) is 5.16. The van der Waals surface area contributed by atoms with Crippen molar-refractivity contribution in [1.29, 1.82) is 0 Å². The number of carbonyl (C=O) groups is 3. The first kappa shape index (κ1) is 19.8. The number of benzene rings is 2. The number of hydrogen-bond acceptors (Lipinski definition) is 3. The summed E-state index contributed by atoms with van der Waals surface area (Å²) in [4.78, 5) is 38.9. The number of aromatic carboxylic acids is 1. The Morgan fingerprint density at radius 3 is 1.82 bits per heavy atom. The topological polar surface area (TPSA) is 74.7 Å². The Morgan fingerprint density at radius 1 is 0.821 bits per heavy atom. The van der Waals surface area contributed by atoms with E-state index in [4.69, 9.17) is 0 Å². The van der Waals surface area contributed by atoms with Crippen LogP contribution < -0.4 is 0 Å². The molecule has 2 aromatic rings. The number of rotatable bonds is 8. The first-order valence-electron chi connectivity index (χ1n) is 9.83. The molecule has 1 aliphatic carbocycles. The molecule has 3 rings (SSSR count). The lowest BCUT2D eigenvalue weighted by Crippen LogP contribution is -2.33. The van der Waals surface area contributed by atoms with E-state index in [1.807, 2.05) is 4.90 Å². The highest BCUT2D eigenvalue weighted by molar-refractivity contribution is 6.23. The Labute approximate surface area is 165 Å². The number of carboxylic acid groups (broad SMARTS) is 1. The molecule has 0 bridgehead atoms. The van der Waals surface area contributed by atoms with E-state index in [1.165, 1.54) is 12.1 Å². The van der Waals surface area contributed by atoms with Gasteiger partial charge in [0.1, 0.15) is 0 Å². The van der Waals surface area contributed by atoms with Crippen LogP contribution in [0.1, 0.15) is 76.2 Å². The van der Waals surface area contributed by atoms with Crippen LogP contribution in [0.4, 0.5) is 0 Å². The molecule has 0 aromatic heterocycles. The van der Waals surface area contributed by atoms with Crippen LogP contribution in [0.25, 0.3) is 11.1 Å². The predicted octanol–water partition coefficient (Wildman–Crippen LogP) is 4.64. The maximum atomic E-state index is 13.0. The van der Waals surface area contributed by atoms with Crippen molar-refractivity contribution in [1.82, 2.24) is 4.90 Å². The first-order valence-corrected chi connectivity index (χ1v) is 9.83. The summed E-state index contributed by atoms with van der Waals surface area (Å²) in [7, 11) is 0. The fourth-order valence-corrected chi connectivity index (χ4v) is 3.54. The van der Waals surface area contributed by atoms with E-state index in [1.54, 1.807) is 24.3 Å². The van der Waals surface area contributed by atoms with Gasteiger partial charge in [-0.3, -0.25) is 9.59 Å². The molecule has 1 aliphatic rings. The SMILES string of the molecule is CCCCN(CCCC)C(=O)c1ccc2c(c1)C(=O)c1cc(C(=O)O)ccc1-2. The van der Waals surface area contributed by atoms with E-state index in [2.05, 4.69) is 13.8 Å². The molecule has 28 heavy (non-hydrogen) atoms. The molecule has 0 unspecified atom stereocenters. The van der Waals surface area contributed by atoms with E-state index >= 15 is 0 Å². The smallest absolute Gasteiger partial charge is 0.335 e. The zero-order valence-corrected chi connectivity index (χ0v) is 16.3. The van der Waals surface area contributed by atoms with Crippen LogP contribution in [0.5, 0.6) is 0 Å². The molecule has 146 valence electrons. The summed E-state index contributed by atoms with van der Waals surface area (Å²) in [6.07, 6.45) is 3.92. The maximum absolute atomic E-state index is 13.0. The van der Waals surface area contributed by atoms with Crippen molar-refractivity contribution in [3.8, 4) is 11.1 Å². The van der Waals surface area contributed by atoms with Crippen LogP contribution in [0.2, 0.25) is 0 Å². The molecule has 0 radical (unpaired) electrons. The summed E-state index contributed by atoms with van der Waals surface area (Å²) in [5.74, 6) is -1.35. The van der Waals surface area contributed by atoms with Gasteiger partial charge in [-0.05, 0) is 48.2 Å². The van der Waals surface area contributed by atoms with Crippen LogP contribution in [-0.4, -0.2) is 40.8 Å². The second-order valence-electron chi connectivity index (χ2n) is 7.15. The van der Waals surface area contributed by atoms with Crippen molar-refractivity contribution < 1.29 is 19.5 Å². The normalized spacial score (nSPS) is 11.9. The van der Waals surface area contributed by atoms with Gasteiger partial charge in [-0.15, -0.1) is 0 Å². The molecule has 1 amide bonds. The van der Waals surface area contributed by atoms with Gasteiger partial charge in [0.05, 0.1) is 5.56 Å². The van der Waals surface area contributed by atoms with Gasteiger partial charge in [0.15, 0.2) is 5.78 Å². The van der Waals surface area contributed by atoms with Gasteiger partial charge >= 0.3 is 5.97 Å². The Balaban J connectivity index is 1.92. The van der Waals surface area contributed by atoms with Crippen LogP contribution in [0.15, 0.2) is 36.4 Å². The standard InChI is InChI=1S/C23H25NO4/c1-3-5-11-24(12-6-4-2)22(26)15-7-9-17-18-10-8-16(23(27)28)14-20(18)21(25)19(17)13-15/h7-10,13-14H,3-6,11-12H2,1-2H3,(H,27,28). The Hall–Kier alpha value is -2.95. The molecule has 1 N–H and O–H groups in total. The summed E-state index contributed by atoms with van der Waals surface area (Å²) >= 11 is 0. The Bertz CT molecular complexity index is 924. The summed E-state index contributed by atoms with van der Waals surface area (Å²) < 4.78 is 0. The van der Waals surface area contributed by atoms with Crippen molar-refractivity contribution in [3.05, 3.63) is 58.7 Å². The largest absolute Gasteiger partial charge is 0.478 e. The van der Waals surface area contributed by atoms with E-state index in [-0.39, 0.29) is 17.3 Å². The fraction of sp³-hybridized carbons (Fsp3) is 0.348. The Kier molecular flexibility index (Phi) is 5.93. The lowest BCUT2D eigenvalue weighted by atomic mass is 10.0. The number of unbranched alkanes of at least 4 members (excludes halogenated alkanes) is 2. The number of hydrogen-bond donors (Lipinski definition) is 1. The third kappa shape index (κ3) is 3.70. The number of carboxylic acids is 1. The molecule has 0 atom stereocenters. The number of amides is 1. The fourth-order valence-electron chi connectivity index (χ4n) is 3.54. The molecular weight excluding hydrogens is 354 g/mol. The highest BCUT2D eigenvalue weighted by Gasteiger charge is 2.29. The molecule has 0 spiro atoms. The minimum atomic E-state index is -1.06. The van der Waals surface area contributed by atoms with E-state index < -0.39 is 5.97 Å². The van der Waals surface area contributed by atoms with Gasteiger partial charge in [0, 0.05) is 29.8 Å². The minimum absolute atomic E-state index is 0.0559. The molecule has 5 nitrogen and oxygen atoms in total.